The van der Waals surface area contributed by atoms with Crippen molar-refractivity contribution in [2.75, 3.05) is 5.32 Å². The summed E-state index contributed by atoms with van der Waals surface area (Å²) in [6, 6.07) is 12.5. The van der Waals surface area contributed by atoms with E-state index >= 15 is 0 Å². The maximum atomic E-state index is 11.3. The van der Waals surface area contributed by atoms with Gasteiger partial charge in [0, 0.05) is 5.69 Å². The zero-order valence-corrected chi connectivity index (χ0v) is 10.0. The molecule has 2 aromatic carbocycles. The average Bonchev–Trinajstić information content (AvgIpc) is 2.77. The number of anilines is 1. The van der Waals surface area contributed by atoms with Gasteiger partial charge in [0.2, 0.25) is 5.91 Å². The summed E-state index contributed by atoms with van der Waals surface area (Å²) >= 11 is 0. The van der Waals surface area contributed by atoms with Crippen molar-refractivity contribution in [2.45, 2.75) is 6.42 Å². The lowest BCUT2D eigenvalue weighted by atomic mass is 10.0. The Morgan fingerprint density at radius 2 is 1.74 bits per heavy atom. The molecule has 0 bridgehead atoms. The first kappa shape index (κ1) is 11.5. The van der Waals surface area contributed by atoms with E-state index < -0.39 is 5.97 Å². The van der Waals surface area contributed by atoms with Gasteiger partial charge in [-0.2, -0.15) is 0 Å². The van der Waals surface area contributed by atoms with Crippen LogP contribution in [0.25, 0.3) is 11.1 Å². The Hall–Kier alpha value is -2.62. The number of fused-ring (bicyclic) bond motifs is 1. The van der Waals surface area contributed by atoms with Crippen molar-refractivity contribution in [1.82, 2.24) is 0 Å². The highest BCUT2D eigenvalue weighted by atomic mass is 16.4. The van der Waals surface area contributed by atoms with Crippen molar-refractivity contribution in [3.8, 4) is 11.1 Å². The minimum atomic E-state index is -0.937. The third-order valence-electron chi connectivity index (χ3n) is 3.20. The molecule has 0 aromatic heterocycles. The molecular weight excluding hydrogens is 242 g/mol. The summed E-state index contributed by atoms with van der Waals surface area (Å²) in [5.41, 5.74) is 3.98. The van der Waals surface area contributed by atoms with Crippen LogP contribution < -0.4 is 5.32 Å². The topological polar surface area (TPSA) is 66.4 Å². The number of aromatic carboxylic acids is 1. The maximum Gasteiger partial charge on any atom is 0.335 e. The Labute approximate surface area is 109 Å². The van der Waals surface area contributed by atoms with Gasteiger partial charge < -0.3 is 10.4 Å². The van der Waals surface area contributed by atoms with Gasteiger partial charge >= 0.3 is 5.97 Å². The summed E-state index contributed by atoms with van der Waals surface area (Å²) in [6.07, 6.45) is 0.424. The van der Waals surface area contributed by atoms with E-state index in [0.29, 0.717) is 6.42 Å². The van der Waals surface area contributed by atoms with Crippen LogP contribution >= 0.6 is 0 Å². The Morgan fingerprint density at radius 1 is 1.05 bits per heavy atom. The molecule has 0 fully saturated rings. The molecule has 2 N–H and O–H groups in total. The van der Waals surface area contributed by atoms with Gasteiger partial charge in [0.25, 0.3) is 0 Å². The summed E-state index contributed by atoms with van der Waals surface area (Å²) in [5.74, 6) is -0.929. The number of carboxylic acid groups (broad SMARTS) is 1. The third-order valence-corrected chi connectivity index (χ3v) is 3.20. The summed E-state index contributed by atoms with van der Waals surface area (Å²) in [6.45, 7) is 0. The normalized spacial score (nSPS) is 12.9. The van der Waals surface area contributed by atoms with Gasteiger partial charge in [0.15, 0.2) is 0 Å². The molecule has 0 atom stereocenters. The lowest BCUT2D eigenvalue weighted by molar-refractivity contribution is -0.115. The lowest BCUT2D eigenvalue weighted by Gasteiger charge is -2.05. The van der Waals surface area contributed by atoms with Crippen molar-refractivity contribution in [2.24, 2.45) is 0 Å². The summed E-state index contributed by atoms with van der Waals surface area (Å²) in [4.78, 5) is 22.1. The van der Waals surface area contributed by atoms with E-state index in [1.807, 2.05) is 18.2 Å². The maximum absolute atomic E-state index is 11.3. The Kier molecular flexibility index (Phi) is 2.56. The molecule has 2 aromatic rings. The number of rotatable bonds is 2. The van der Waals surface area contributed by atoms with E-state index in [4.69, 9.17) is 5.11 Å². The van der Waals surface area contributed by atoms with Crippen LogP contribution in [0, 0.1) is 0 Å². The molecule has 94 valence electrons. The first-order valence-electron chi connectivity index (χ1n) is 5.90. The number of nitrogens with one attached hydrogen (secondary N) is 1. The molecule has 0 spiro atoms. The molecular formula is C15H11NO3. The molecule has 0 saturated heterocycles. The Bertz CT molecular complexity index is 674. The fraction of sp³-hybridized carbons (Fsp3) is 0.0667. The number of carbonyl (C=O) groups is 2. The van der Waals surface area contributed by atoms with Crippen LogP contribution in [-0.2, 0) is 11.2 Å². The van der Waals surface area contributed by atoms with E-state index in [0.717, 1.165) is 22.4 Å². The largest absolute Gasteiger partial charge is 0.478 e. The lowest BCUT2D eigenvalue weighted by Crippen LogP contribution is -2.03. The number of hydrogen-bond donors (Lipinski definition) is 2. The Balaban J connectivity index is 1.97. The van der Waals surface area contributed by atoms with Crippen LogP contribution in [0.5, 0.6) is 0 Å². The smallest absolute Gasteiger partial charge is 0.335 e. The minimum absolute atomic E-state index is 0.00775. The second-order valence-corrected chi connectivity index (χ2v) is 4.48. The molecule has 3 rings (SSSR count). The standard InChI is InChI=1S/C15H11NO3/c17-14-8-12-6-5-11(7-13(12)16-14)9-1-3-10(4-2-9)15(18)19/h1-7H,8H2,(H,16,17)(H,18,19). The van der Waals surface area contributed by atoms with Gasteiger partial charge in [-0.1, -0.05) is 24.3 Å². The molecule has 1 aliphatic heterocycles. The fourth-order valence-corrected chi connectivity index (χ4v) is 2.20. The first-order valence-corrected chi connectivity index (χ1v) is 5.90. The molecule has 19 heavy (non-hydrogen) atoms. The van der Waals surface area contributed by atoms with Crippen molar-refractivity contribution in [3.05, 3.63) is 53.6 Å². The zero-order valence-electron chi connectivity index (χ0n) is 10.0. The fourth-order valence-electron chi connectivity index (χ4n) is 2.20. The highest BCUT2D eigenvalue weighted by molar-refractivity contribution is 6.00. The number of hydrogen-bond acceptors (Lipinski definition) is 2. The number of carbonyl (C=O) groups excluding carboxylic acids is 1. The predicted molar refractivity (Wildman–Crippen MR) is 71.2 cm³/mol. The number of carboxylic acids is 1. The van der Waals surface area contributed by atoms with Crippen molar-refractivity contribution < 1.29 is 14.7 Å². The highest BCUT2D eigenvalue weighted by Crippen LogP contribution is 2.29. The summed E-state index contributed by atoms with van der Waals surface area (Å²) in [7, 11) is 0. The van der Waals surface area contributed by atoms with E-state index in [2.05, 4.69) is 5.32 Å². The average molecular weight is 253 g/mol. The molecule has 1 amide bonds. The second kappa shape index (κ2) is 4.24. The van der Waals surface area contributed by atoms with Crippen molar-refractivity contribution >= 4 is 17.6 Å². The van der Waals surface area contributed by atoms with E-state index in [1.54, 1.807) is 24.3 Å². The minimum Gasteiger partial charge on any atom is -0.478 e. The molecule has 0 unspecified atom stereocenters. The van der Waals surface area contributed by atoms with Gasteiger partial charge in [-0.25, -0.2) is 4.79 Å². The van der Waals surface area contributed by atoms with Crippen molar-refractivity contribution in [1.29, 1.82) is 0 Å². The summed E-state index contributed by atoms with van der Waals surface area (Å²) < 4.78 is 0. The van der Waals surface area contributed by atoms with Crippen LogP contribution in [0.4, 0.5) is 5.69 Å². The van der Waals surface area contributed by atoms with Gasteiger partial charge in [-0.3, -0.25) is 4.79 Å². The van der Waals surface area contributed by atoms with Crippen LogP contribution in [0.2, 0.25) is 0 Å². The van der Waals surface area contributed by atoms with E-state index in [9.17, 15) is 9.59 Å². The Morgan fingerprint density at radius 3 is 2.42 bits per heavy atom. The number of amides is 1. The molecule has 0 aliphatic carbocycles. The molecule has 1 heterocycles. The van der Waals surface area contributed by atoms with Crippen LogP contribution in [0.3, 0.4) is 0 Å². The van der Waals surface area contributed by atoms with E-state index in [1.165, 1.54) is 0 Å². The predicted octanol–water partition coefficient (Wildman–Crippen LogP) is 2.55. The SMILES string of the molecule is O=C1Cc2ccc(-c3ccc(C(=O)O)cc3)cc2N1. The van der Waals surface area contributed by atoms with Crippen LogP contribution in [0.1, 0.15) is 15.9 Å². The van der Waals surface area contributed by atoms with Gasteiger partial charge in [0.05, 0.1) is 12.0 Å². The third kappa shape index (κ3) is 2.08. The first-order chi connectivity index (χ1) is 9.13. The number of benzene rings is 2. The second-order valence-electron chi connectivity index (χ2n) is 4.48. The molecule has 4 heteroatoms. The highest BCUT2D eigenvalue weighted by Gasteiger charge is 2.17. The summed E-state index contributed by atoms with van der Waals surface area (Å²) in [5, 5.41) is 11.7. The zero-order chi connectivity index (χ0) is 13.4. The van der Waals surface area contributed by atoms with E-state index in [-0.39, 0.29) is 11.5 Å². The quantitative estimate of drug-likeness (QED) is 0.864. The van der Waals surface area contributed by atoms with Gasteiger partial charge in [0.1, 0.15) is 0 Å². The van der Waals surface area contributed by atoms with Crippen LogP contribution in [-0.4, -0.2) is 17.0 Å². The molecule has 0 saturated carbocycles. The van der Waals surface area contributed by atoms with Gasteiger partial charge in [-0.05, 0) is 34.9 Å². The van der Waals surface area contributed by atoms with Crippen molar-refractivity contribution in [3.63, 3.8) is 0 Å². The molecule has 1 aliphatic rings. The van der Waals surface area contributed by atoms with Gasteiger partial charge in [-0.15, -0.1) is 0 Å². The van der Waals surface area contributed by atoms with Crippen LogP contribution in [0.15, 0.2) is 42.5 Å². The molecule has 0 radical (unpaired) electrons. The monoisotopic (exact) mass is 253 g/mol. The molecule has 4 nitrogen and oxygen atoms in total.